The number of nitrogens with zero attached hydrogens (tertiary/aromatic N) is 1. The Morgan fingerprint density at radius 2 is 2.40 bits per heavy atom. The van der Waals surface area contributed by atoms with Crippen molar-refractivity contribution in [1.82, 2.24) is 10.2 Å². The van der Waals surface area contributed by atoms with Gasteiger partial charge in [-0.25, -0.2) is 0 Å². The molecule has 2 heteroatoms. The summed E-state index contributed by atoms with van der Waals surface area (Å²) in [5.74, 6) is 0.786. The first-order valence-electron chi connectivity index (χ1n) is 5.76. The standard InChI is InChI=1S/C13H18N2/c1-9(2)15-7-12-3-10-5-14-6-11(10)4-13(12)8-15/h3,11,14H,1,4-8H2,2H3. The van der Waals surface area contributed by atoms with Gasteiger partial charge in [0.15, 0.2) is 0 Å². The van der Waals surface area contributed by atoms with Crippen LogP contribution in [0.2, 0.25) is 0 Å². The fourth-order valence-electron chi connectivity index (χ4n) is 2.88. The summed E-state index contributed by atoms with van der Waals surface area (Å²) in [4.78, 5) is 2.39. The largest absolute Gasteiger partial charge is 0.367 e. The van der Waals surface area contributed by atoms with Crippen LogP contribution in [0, 0.1) is 5.92 Å². The first-order valence-corrected chi connectivity index (χ1v) is 5.76. The molecule has 80 valence electrons. The first-order chi connectivity index (χ1) is 7.24. The zero-order chi connectivity index (χ0) is 10.4. The molecule has 3 rings (SSSR count). The summed E-state index contributed by atoms with van der Waals surface area (Å²) in [6.45, 7) is 10.6. The molecule has 1 fully saturated rings. The van der Waals surface area contributed by atoms with E-state index < -0.39 is 0 Å². The van der Waals surface area contributed by atoms with Gasteiger partial charge in [0.2, 0.25) is 0 Å². The summed E-state index contributed by atoms with van der Waals surface area (Å²) in [7, 11) is 0. The second-order valence-electron chi connectivity index (χ2n) is 4.97. The Bertz CT molecular complexity index is 376. The number of rotatable bonds is 1. The van der Waals surface area contributed by atoms with Crippen LogP contribution in [-0.2, 0) is 0 Å². The molecule has 0 aromatic rings. The molecule has 2 aliphatic heterocycles. The first kappa shape index (κ1) is 9.22. The Hall–Kier alpha value is -1.02. The monoisotopic (exact) mass is 202 g/mol. The molecule has 0 aromatic heterocycles. The quantitative estimate of drug-likeness (QED) is 0.696. The van der Waals surface area contributed by atoms with Crippen LogP contribution < -0.4 is 5.32 Å². The minimum atomic E-state index is 0.786. The van der Waals surface area contributed by atoms with Gasteiger partial charge in [0.25, 0.3) is 0 Å². The van der Waals surface area contributed by atoms with E-state index in [0.717, 1.165) is 25.6 Å². The van der Waals surface area contributed by atoms with E-state index in [-0.39, 0.29) is 0 Å². The third-order valence-electron chi connectivity index (χ3n) is 3.83. The van der Waals surface area contributed by atoms with Crippen LogP contribution >= 0.6 is 0 Å². The molecule has 2 heterocycles. The van der Waals surface area contributed by atoms with E-state index in [1.165, 1.54) is 18.7 Å². The summed E-state index contributed by atoms with van der Waals surface area (Å²) in [5, 5.41) is 3.46. The smallest absolute Gasteiger partial charge is 0.0430 e. The van der Waals surface area contributed by atoms with Crippen LogP contribution in [-0.4, -0.2) is 31.1 Å². The van der Waals surface area contributed by atoms with Crippen LogP contribution in [0.3, 0.4) is 0 Å². The van der Waals surface area contributed by atoms with Gasteiger partial charge in [0.1, 0.15) is 0 Å². The lowest BCUT2D eigenvalue weighted by Crippen LogP contribution is -2.18. The average Bonchev–Trinajstić information content (AvgIpc) is 2.77. The number of fused-ring (bicyclic) bond motifs is 1. The molecule has 0 saturated carbocycles. The van der Waals surface area contributed by atoms with Crippen LogP contribution in [0.5, 0.6) is 0 Å². The number of hydrogen-bond donors (Lipinski definition) is 1. The molecule has 3 aliphatic rings. The van der Waals surface area contributed by atoms with Gasteiger partial charge in [0, 0.05) is 31.9 Å². The van der Waals surface area contributed by atoms with Gasteiger partial charge >= 0.3 is 0 Å². The van der Waals surface area contributed by atoms with Crippen molar-refractivity contribution < 1.29 is 0 Å². The number of hydrogen-bond acceptors (Lipinski definition) is 2. The second kappa shape index (κ2) is 3.24. The molecule has 0 spiro atoms. The lowest BCUT2D eigenvalue weighted by molar-refractivity contribution is 0.433. The van der Waals surface area contributed by atoms with Gasteiger partial charge in [-0.3, -0.25) is 0 Å². The lowest BCUT2D eigenvalue weighted by atomic mass is 9.87. The third kappa shape index (κ3) is 1.44. The van der Waals surface area contributed by atoms with Gasteiger partial charge in [0.05, 0.1) is 0 Å². The van der Waals surface area contributed by atoms with Crippen LogP contribution in [0.15, 0.2) is 35.1 Å². The molecule has 0 aromatic carbocycles. The summed E-state index contributed by atoms with van der Waals surface area (Å²) in [6, 6.07) is 0. The topological polar surface area (TPSA) is 15.3 Å². The Kier molecular flexibility index (Phi) is 1.99. The van der Waals surface area contributed by atoms with E-state index >= 15 is 0 Å². The number of allylic oxidation sites excluding steroid dienone is 1. The van der Waals surface area contributed by atoms with E-state index in [9.17, 15) is 0 Å². The minimum Gasteiger partial charge on any atom is -0.367 e. The summed E-state index contributed by atoms with van der Waals surface area (Å²) in [6.07, 6.45) is 3.71. The fourth-order valence-corrected chi connectivity index (χ4v) is 2.88. The van der Waals surface area contributed by atoms with Gasteiger partial charge in [-0.05, 0) is 30.4 Å². The van der Waals surface area contributed by atoms with Crippen molar-refractivity contribution >= 4 is 0 Å². The highest BCUT2D eigenvalue weighted by Crippen LogP contribution is 2.36. The Labute approximate surface area is 91.3 Å². The fraction of sp³-hybridized carbons (Fsp3) is 0.538. The minimum absolute atomic E-state index is 0.786. The highest BCUT2D eigenvalue weighted by atomic mass is 15.1. The molecular formula is C13H18N2. The van der Waals surface area contributed by atoms with E-state index in [1.807, 2.05) is 0 Å². The number of nitrogens with one attached hydrogen (secondary N) is 1. The second-order valence-corrected chi connectivity index (χ2v) is 4.97. The SMILES string of the molecule is C=C(C)N1CC2=C(CC3CNCC3=C2)C1. The van der Waals surface area contributed by atoms with Gasteiger partial charge in [-0.2, -0.15) is 0 Å². The third-order valence-corrected chi connectivity index (χ3v) is 3.83. The molecule has 1 aliphatic carbocycles. The maximum Gasteiger partial charge on any atom is 0.0430 e. The Morgan fingerprint density at radius 3 is 3.20 bits per heavy atom. The van der Waals surface area contributed by atoms with Crippen molar-refractivity contribution in [1.29, 1.82) is 0 Å². The predicted molar refractivity (Wildman–Crippen MR) is 62.5 cm³/mol. The summed E-state index contributed by atoms with van der Waals surface area (Å²) < 4.78 is 0. The van der Waals surface area contributed by atoms with Gasteiger partial charge in [-0.15, -0.1) is 0 Å². The molecule has 2 nitrogen and oxygen atoms in total. The van der Waals surface area contributed by atoms with E-state index in [4.69, 9.17) is 0 Å². The average molecular weight is 202 g/mol. The Balaban J connectivity index is 1.83. The van der Waals surface area contributed by atoms with Crippen molar-refractivity contribution in [2.75, 3.05) is 26.2 Å². The molecule has 1 unspecified atom stereocenters. The van der Waals surface area contributed by atoms with E-state index in [2.05, 4.69) is 29.8 Å². The highest BCUT2D eigenvalue weighted by molar-refractivity contribution is 5.42. The van der Waals surface area contributed by atoms with Gasteiger partial charge in [-0.1, -0.05) is 18.2 Å². The van der Waals surface area contributed by atoms with Crippen LogP contribution in [0.1, 0.15) is 13.3 Å². The van der Waals surface area contributed by atoms with Crippen molar-refractivity contribution in [2.45, 2.75) is 13.3 Å². The van der Waals surface area contributed by atoms with Crippen LogP contribution in [0.25, 0.3) is 0 Å². The summed E-state index contributed by atoms with van der Waals surface area (Å²) in [5.41, 5.74) is 6.03. The molecule has 1 N–H and O–H groups in total. The molecule has 0 bridgehead atoms. The lowest BCUT2D eigenvalue weighted by Gasteiger charge is -2.18. The van der Waals surface area contributed by atoms with E-state index in [1.54, 1.807) is 16.7 Å². The maximum absolute atomic E-state index is 4.03. The normalized spacial score (nSPS) is 29.0. The molecule has 1 saturated heterocycles. The zero-order valence-corrected chi connectivity index (χ0v) is 9.34. The van der Waals surface area contributed by atoms with Crippen molar-refractivity contribution in [3.05, 3.63) is 35.1 Å². The van der Waals surface area contributed by atoms with E-state index in [0.29, 0.717) is 0 Å². The summed E-state index contributed by atoms with van der Waals surface area (Å²) >= 11 is 0. The molecule has 15 heavy (non-hydrogen) atoms. The van der Waals surface area contributed by atoms with Crippen molar-refractivity contribution in [3.8, 4) is 0 Å². The van der Waals surface area contributed by atoms with Gasteiger partial charge < -0.3 is 10.2 Å². The van der Waals surface area contributed by atoms with Crippen molar-refractivity contribution in [3.63, 3.8) is 0 Å². The molecule has 1 atom stereocenters. The molecule has 0 radical (unpaired) electrons. The molecule has 0 amide bonds. The zero-order valence-electron chi connectivity index (χ0n) is 9.34. The Morgan fingerprint density at radius 1 is 1.53 bits per heavy atom. The van der Waals surface area contributed by atoms with Crippen LogP contribution in [0.4, 0.5) is 0 Å². The maximum atomic E-state index is 4.03. The highest BCUT2D eigenvalue weighted by Gasteiger charge is 2.30. The predicted octanol–water partition coefficient (Wildman–Crippen LogP) is 1.68. The van der Waals surface area contributed by atoms with Crippen molar-refractivity contribution in [2.24, 2.45) is 5.92 Å². The molecular weight excluding hydrogens is 184 g/mol.